The summed E-state index contributed by atoms with van der Waals surface area (Å²) in [6.07, 6.45) is -5.37. The molecular formula is C13H11F3N2O2. The summed E-state index contributed by atoms with van der Waals surface area (Å²) in [5, 5.41) is 0.527. The number of aromatic nitrogens is 1. The van der Waals surface area contributed by atoms with E-state index in [9.17, 15) is 18.0 Å². The number of nitrogens with zero attached hydrogens (tertiary/aromatic N) is 1. The number of amides is 1. The lowest BCUT2D eigenvalue weighted by molar-refractivity contribution is -0.139. The van der Waals surface area contributed by atoms with Crippen molar-refractivity contribution in [1.29, 1.82) is 0 Å². The number of hydrogen-bond donors (Lipinski definition) is 1. The van der Waals surface area contributed by atoms with Crippen LogP contribution in [0.4, 0.5) is 13.2 Å². The van der Waals surface area contributed by atoms with Gasteiger partial charge in [0.25, 0.3) is 5.91 Å². The van der Waals surface area contributed by atoms with E-state index in [4.69, 9.17) is 10.5 Å². The zero-order valence-electron chi connectivity index (χ0n) is 10.3. The van der Waals surface area contributed by atoms with E-state index >= 15 is 0 Å². The van der Waals surface area contributed by atoms with Crippen molar-refractivity contribution in [2.75, 3.05) is 6.61 Å². The summed E-state index contributed by atoms with van der Waals surface area (Å²) in [5.41, 5.74) is 5.52. The topological polar surface area (TPSA) is 65.2 Å². The molecule has 106 valence electrons. The van der Waals surface area contributed by atoms with Crippen LogP contribution in [0.1, 0.15) is 16.9 Å². The molecule has 4 nitrogen and oxygen atoms in total. The highest BCUT2D eigenvalue weighted by Gasteiger charge is 2.27. The monoisotopic (exact) mass is 284 g/mol. The van der Waals surface area contributed by atoms with Gasteiger partial charge in [0.05, 0.1) is 18.5 Å². The van der Waals surface area contributed by atoms with Crippen LogP contribution in [-0.2, 0) is 0 Å². The number of rotatable bonds is 4. The van der Waals surface area contributed by atoms with Crippen LogP contribution in [-0.4, -0.2) is 23.7 Å². The second kappa shape index (κ2) is 5.36. The Bertz CT molecular complexity index is 641. The molecule has 1 heterocycles. The van der Waals surface area contributed by atoms with Crippen LogP contribution in [0.25, 0.3) is 10.9 Å². The summed E-state index contributed by atoms with van der Waals surface area (Å²) < 4.78 is 41.5. The highest BCUT2D eigenvalue weighted by Crippen LogP contribution is 2.27. The van der Waals surface area contributed by atoms with Gasteiger partial charge in [0, 0.05) is 11.5 Å². The van der Waals surface area contributed by atoms with Gasteiger partial charge < -0.3 is 10.5 Å². The molecule has 2 N–H and O–H groups in total. The average Bonchev–Trinajstić information content (AvgIpc) is 2.36. The summed E-state index contributed by atoms with van der Waals surface area (Å²) in [5.74, 6) is -0.606. The van der Waals surface area contributed by atoms with Gasteiger partial charge in [-0.3, -0.25) is 4.79 Å². The van der Waals surface area contributed by atoms with Gasteiger partial charge in [0.1, 0.15) is 11.4 Å². The Labute approximate surface area is 112 Å². The van der Waals surface area contributed by atoms with Gasteiger partial charge in [-0.05, 0) is 12.1 Å². The lowest BCUT2D eigenvalue weighted by Crippen LogP contribution is -2.15. The van der Waals surface area contributed by atoms with Gasteiger partial charge in [-0.25, -0.2) is 4.98 Å². The summed E-state index contributed by atoms with van der Waals surface area (Å²) >= 11 is 0. The number of primary amides is 1. The second-order valence-electron chi connectivity index (χ2n) is 4.10. The first-order chi connectivity index (χ1) is 9.37. The highest BCUT2D eigenvalue weighted by atomic mass is 19.4. The van der Waals surface area contributed by atoms with E-state index in [0.717, 1.165) is 0 Å². The largest absolute Gasteiger partial charge is 0.492 e. The van der Waals surface area contributed by atoms with Crippen molar-refractivity contribution in [1.82, 2.24) is 4.98 Å². The third kappa shape index (κ3) is 3.37. The Hall–Kier alpha value is -2.31. The Balaban J connectivity index is 2.32. The number of carbonyl (C=O) groups is 1. The van der Waals surface area contributed by atoms with E-state index in [1.807, 2.05) is 0 Å². The normalized spacial score (nSPS) is 11.6. The molecule has 0 aliphatic carbocycles. The lowest BCUT2D eigenvalue weighted by atomic mass is 10.2. The second-order valence-corrected chi connectivity index (χ2v) is 4.10. The van der Waals surface area contributed by atoms with Crippen LogP contribution in [0.5, 0.6) is 5.75 Å². The van der Waals surface area contributed by atoms with Gasteiger partial charge in [0.15, 0.2) is 0 Å². The molecular weight excluding hydrogens is 273 g/mol. The van der Waals surface area contributed by atoms with E-state index in [2.05, 4.69) is 4.98 Å². The number of alkyl halides is 3. The maximum atomic E-state index is 12.1. The van der Waals surface area contributed by atoms with Crippen LogP contribution in [0, 0.1) is 0 Å². The third-order valence-corrected chi connectivity index (χ3v) is 2.57. The zero-order chi connectivity index (χ0) is 14.8. The van der Waals surface area contributed by atoms with E-state index in [-0.39, 0.29) is 11.4 Å². The molecule has 2 rings (SSSR count). The quantitative estimate of drug-likeness (QED) is 0.938. The molecule has 7 heteroatoms. The molecule has 0 atom stereocenters. The number of ether oxygens (including phenoxy) is 1. The summed E-state index contributed by atoms with van der Waals surface area (Å²) in [6, 6.07) is 7.92. The Morgan fingerprint density at radius 1 is 1.30 bits per heavy atom. The molecule has 1 amide bonds. The van der Waals surface area contributed by atoms with Crippen LogP contribution >= 0.6 is 0 Å². The smallest absolute Gasteiger partial charge is 0.392 e. The highest BCUT2D eigenvalue weighted by molar-refractivity contribution is 5.96. The molecule has 20 heavy (non-hydrogen) atoms. The minimum Gasteiger partial charge on any atom is -0.492 e. The zero-order valence-corrected chi connectivity index (χ0v) is 10.3. The first kappa shape index (κ1) is 14.1. The number of pyridine rings is 1. The molecule has 0 saturated carbocycles. The number of hydrogen-bond acceptors (Lipinski definition) is 3. The van der Waals surface area contributed by atoms with E-state index < -0.39 is 25.1 Å². The maximum Gasteiger partial charge on any atom is 0.392 e. The predicted octanol–water partition coefficient (Wildman–Crippen LogP) is 2.66. The Kier molecular flexibility index (Phi) is 3.78. The van der Waals surface area contributed by atoms with E-state index in [1.54, 1.807) is 24.3 Å². The molecule has 0 aliphatic rings. The molecule has 0 unspecified atom stereocenters. The minimum atomic E-state index is -4.30. The number of fused-ring (bicyclic) bond motifs is 1. The molecule has 0 radical (unpaired) electrons. The minimum absolute atomic E-state index is 0.0503. The molecule has 0 fully saturated rings. The van der Waals surface area contributed by atoms with Crippen molar-refractivity contribution < 1.29 is 22.7 Å². The van der Waals surface area contributed by atoms with Crippen LogP contribution in [0.3, 0.4) is 0 Å². The van der Waals surface area contributed by atoms with Crippen LogP contribution in [0.2, 0.25) is 0 Å². The summed E-state index contributed by atoms with van der Waals surface area (Å²) in [7, 11) is 0. The van der Waals surface area contributed by atoms with Gasteiger partial charge in [-0.15, -0.1) is 0 Å². The van der Waals surface area contributed by atoms with Crippen molar-refractivity contribution >= 4 is 16.8 Å². The molecule has 0 spiro atoms. The van der Waals surface area contributed by atoms with Crippen LogP contribution in [0.15, 0.2) is 30.3 Å². The SMILES string of the molecule is NC(=O)c1cc(OCCC(F)(F)F)c2ccccc2n1. The van der Waals surface area contributed by atoms with E-state index in [0.29, 0.717) is 10.9 Å². The standard InChI is InChI=1S/C13H11F3N2O2/c14-13(15,16)5-6-20-11-7-10(12(17)19)18-9-4-2-1-3-8(9)11/h1-4,7H,5-6H2,(H2,17,19). The van der Waals surface area contributed by atoms with Crippen molar-refractivity contribution in [2.24, 2.45) is 5.73 Å². The van der Waals surface area contributed by atoms with Crippen LogP contribution < -0.4 is 10.5 Å². The third-order valence-electron chi connectivity index (χ3n) is 2.57. The van der Waals surface area contributed by atoms with Crippen molar-refractivity contribution in [3.63, 3.8) is 0 Å². The lowest BCUT2D eigenvalue weighted by Gasteiger charge is -2.11. The molecule has 2 aromatic rings. The Morgan fingerprint density at radius 3 is 2.65 bits per heavy atom. The number of para-hydroxylation sites is 1. The van der Waals surface area contributed by atoms with Gasteiger partial charge in [-0.2, -0.15) is 13.2 Å². The maximum absolute atomic E-state index is 12.1. The molecule has 0 saturated heterocycles. The van der Waals surface area contributed by atoms with Crippen molar-refractivity contribution in [3.8, 4) is 5.75 Å². The fourth-order valence-corrected chi connectivity index (χ4v) is 1.67. The van der Waals surface area contributed by atoms with Gasteiger partial charge in [-0.1, -0.05) is 12.1 Å². The van der Waals surface area contributed by atoms with Crippen molar-refractivity contribution in [2.45, 2.75) is 12.6 Å². The fraction of sp³-hybridized carbons (Fsp3) is 0.231. The Morgan fingerprint density at radius 2 is 2.00 bits per heavy atom. The molecule has 1 aromatic heterocycles. The number of halogens is 3. The molecule has 0 aliphatic heterocycles. The van der Waals surface area contributed by atoms with E-state index in [1.165, 1.54) is 6.07 Å². The fourth-order valence-electron chi connectivity index (χ4n) is 1.67. The van der Waals surface area contributed by atoms with Crippen molar-refractivity contribution in [3.05, 3.63) is 36.0 Å². The predicted molar refractivity (Wildman–Crippen MR) is 66.4 cm³/mol. The van der Waals surface area contributed by atoms with Gasteiger partial charge in [0.2, 0.25) is 0 Å². The number of carbonyl (C=O) groups excluding carboxylic acids is 1. The first-order valence-electron chi connectivity index (χ1n) is 5.76. The molecule has 1 aromatic carbocycles. The summed E-state index contributed by atoms with van der Waals surface area (Å²) in [4.78, 5) is 15.2. The average molecular weight is 284 g/mol. The number of nitrogens with two attached hydrogens (primary N) is 1. The summed E-state index contributed by atoms with van der Waals surface area (Å²) in [6.45, 7) is -0.532. The van der Waals surface area contributed by atoms with Gasteiger partial charge >= 0.3 is 6.18 Å². The molecule has 0 bridgehead atoms. The first-order valence-corrected chi connectivity index (χ1v) is 5.76. The number of benzene rings is 1.